The molecule has 8 aromatic carbocycles. The van der Waals surface area contributed by atoms with Crippen molar-refractivity contribution in [3.63, 3.8) is 0 Å². The Morgan fingerprint density at radius 2 is 1.03 bits per heavy atom. The summed E-state index contributed by atoms with van der Waals surface area (Å²) in [5.74, 6) is 1.74. The fourth-order valence-electron chi connectivity index (χ4n) is 10.2. The maximum Gasteiger partial charge on any atom is 0.153 e. The molecular formula is C55H38N4O. The van der Waals surface area contributed by atoms with Crippen molar-refractivity contribution in [1.29, 1.82) is 0 Å². The van der Waals surface area contributed by atoms with E-state index in [2.05, 4.69) is 219 Å². The molecule has 1 aliphatic heterocycles. The Bertz CT molecular complexity index is 3600. The van der Waals surface area contributed by atoms with Gasteiger partial charge in [-0.1, -0.05) is 115 Å². The molecule has 3 aromatic heterocycles. The average Bonchev–Trinajstić information content (AvgIpc) is 3.84. The molecule has 0 bridgehead atoms. The number of rotatable bonds is 4. The van der Waals surface area contributed by atoms with Crippen molar-refractivity contribution < 1.29 is 4.74 Å². The van der Waals surface area contributed by atoms with Crippen molar-refractivity contribution in [2.75, 3.05) is 4.90 Å². The molecule has 5 nitrogen and oxygen atoms in total. The first-order valence-electron chi connectivity index (χ1n) is 20.9. The summed E-state index contributed by atoms with van der Waals surface area (Å²) in [6, 6.07) is 64.2. The lowest BCUT2D eigenvalue weighted by molar-refractivity contribution is 0.468. The number of benzene rings is 8. The van der Waals surface area contributed by atoms with E-state index >= 15 is 0 Å². The molecule has 4 heterocycles. The van der Waals surface area contributed by atoms with Crippen LogP contribution in [-0.2, 0) is 0 Å². The Morgan fingerprint density at radius 1 is 0.417 bits per heavy atom. The molecule has 0 radical (unpaired) electrons. The van der Waals surface area contributed by atoms with E-state index in [9.17, 15) is 0 Å². The summed E-state index contributed by atoms with van der Waals surface area (Å²) < 4.78 is 14.1. The molecule has 0 saturated heterocycles. The van der Waals surface area contributed by atoms with Gasteiger partial charge in [0.15, 0.2) is 11.5 Å². The van der Waals surface area contributed by atoms with Gasteiger partial charge in [-0.25, -0.2) is 0 Å². The first-order valence-corrected chi connectivity index (χ1v) is 20.9. The van der Waals surface area contributed by atoms with Crippen molar-refractivity contribution in [3.8, 4) is 28.6 Å². The van der Waals surface area contributed by atoms with Crippen LogP contribution in [0.25, 0.3) is 82.5 Å². The second-order valence-corrected chi connectivity index (χ2v) is 16.0. The first-order chi connectivity index (χ1) is 29.8. The number of nitrogens with zero attached hydrogens (tertiary/aromatic N) is 4. The summed E-state index contributed by atoms with van der Waals surface area (Å²) in [5, 5.41) is 7.39. The zero-order chi connectivity index (χ0) is 39.3. The van der Waals surface area contributed by atoms with Crippen molar-refractivity contribution in [3.05, 3.63) is 200 Å². The van der Waals surface area contributed by atoms with E-state index in [1.54, 1.807) is 0 Å². The minimum Gasteiger partial charge on any atom is -0.453 e. The molecule has 0 spiro atoms. The van der Waals surface area contributed by atoms with Crippen LogP contribution in [-0.4, -0.2) is 19.7 Å². The van der Waals surface area contributed by atoms with Crippen molar-refractivity contribution in [2.45, 2.75) is 18.9 Å². The van der Waals surface area contributed by atoms with Gasteiger partial charge in [0.25, 0.3) is 0 Å². The third-order valence-corrected chi connectivity index (χ3v) is 12.7. The predicted molar refractivity (Wildman–Crippen MR) is 249 cm³/mol. The normalized spacial score (nSPS) is 15.0. The SMILES string of the molecule is C1=CCCC(N2c3ccccc3Oc3cc(-n4c5ccccc5c5c4ccc4c6ccccc6n(-c6ccc7c(c6)c6ccccc6n7-c6ccccc6)c45)ccc32)C=C1. The summed E-state index contributed by atoms with van der Waals surface area (Å²) in [7, 11) is 0. The van der Waals surface area contributed by atoms with Gasteiger partial charge in [-0.05, 0) is 91.7 Å². The van der Waals surface area contributed by atoms with E-state index in [1.807, 2.05) is 0 Å². The predicted octanol–water partition coefficient (Wildman–Crippen LogP) is 14.5. The van der Waals surface area contributed by atoms with E-state index in [1.165, 1.54) is 54.4 Å². The third kappa shape index (κ3) is 4.74. The monoisotopic (exact) mass is 770 g/mol. The first kappa shape index (κ1) is 33.2. The van der Waals surface area contributed by atoms with Gasteiger partial charge in [-0.3, -0.25) is 0 Å². The molecule has 11 aromatic rings. The fourth-order valence-corrected chi connectivity index (χ4v) is 10.2. The van der Waals surface area contributed by atoms with Crippen molar-refractivity contribution in [2.24, 2.45) is 0 Å². The standard InChI is InChI=1S/C55H38N4O/c1-2-5-17-37(16-4-1)57-49-26-14-15-27-52(49)60-53-35-39(29-32-50(53)57)58-47-25-13-10-22-43(47)54-51(58)33-30-42-40-20-8-12-24-46(40)59(55(42)54)38-28-31-48-44(34-38)41-21-9-11-23-45(41)56(48)36-18-6-3-7-19-36/h1-4,6-16,18-35,37H,5,17H2. The van der Waals surface area contributed by atoms with E-state index in [-0.39, 0.29) is 6.04 Å². The summed E-state index contributed by atoms with van der Waals surface area (Å²) in [6.07, 6.45) is 11.0. The Kier molecular flexibility index (Phi) is 7.13. The molecule has 284 valence electrons. The summed E-state index contributed by atoms with van der Waals surface area (Å²) in [6.45, 7) is 0. The van der Waals surface area contributed by atoms with Gasteiger partial charge in [0.05, 0.1) is 56.2 Å². The summed E-state index contributed by atoms with van der Waals surface area (Å²) in [5.41, 5.74) is 12.6. The van der Waals surface area contributed by atoms with Crippen LogP contribution < -0.4 is 9.64 Å². The molecule has 0 saturated carbocycles. The quantitative estimate of drug-likeness (QED) is 0.178. The van der Waals surface area contributed by atoms with Crippen molar-refractivity contribution >= 4 is 76.8 Å². The van der Waals surface area contributed by atoms with Crippen LogP contribution in [0.3, 0.4) is 0 Å². The molecule has 0 amide bonds. The Labute approximate surface area is 346 Å². The highest BCUT2D eigenvalue weighted by molar-refractivity contribution is 6.26. The molecular weight excluding hydrogens is 733 g/mol. The number of ether oxygens (including phenoxy) is 1. The van der Waals surface area contributed by atoms with Gasteiger partial charge < -0.3 is 23.3 Å². The van der Waals surface area contributed by atoms with Crippen LogP contribution in [0.1, 0.15) is 12.8 Å². The van der Waals surface area contributed by atoms with E-state index in [0.717, 1.165) is 63.8 Å². The van der Waals surface area contributed by atoms with Gasteiger partial charge in [0, 0.05) is 49.8 Å². The lowest BCUT2D eigenvalue weighted by Crippen LogP contribution is -2.31. The Morgan fingerprint density at radius 3 is 1.88 bits per heavy atom. The van der Waals surface area contributed by atoms with E-state index < -0.39 is 0 Å². The molecule has 60 heavy (non-hydrogen) atoms. The number of fused-ring (bicyclic) bond motifs is 12. The van der Waals surface area contributed by atoms with Crippen LogP contribution in [0.4, 0.5) is 11.4 Å². The zero-order valence-corrected chi connectivity index (χ0v) is 32.7. The maximum absolute atomic E-state index is 6.77. The lowest BCUT2D eigenvalue weighted by atomic mass is 10.0. The van der Waals surface area contributed by atoms with Gasteiger partial charge in [-0.2, -0.15) is 0 Å². The number of allylic oxidation sites excluding steroid dienone is 3. The molecule has 0 N–H and O–H groups in total. The lowest BCUT2D eigenvalue weighted by Gasteiger charge is -2.37. The van der Waals surface area contributed by atoms with Gasteiger partial charge in [0.2, 0.25) is 0 Å². The summed E-state index contributed by atoms with van der Waals surface area (Å²) in [4.78, 5) is 2.46. The number of para-hydroxylation sites is 6. The minimum absolute atomic E-state index is 0.215. The Balaban J connectivity index is 1.06. The van der Waals surface area contributed by atoms with Crippen LogP contribution in [0.5, 0.6) is 11.5 Å². The highest BCUT2D eigenvalue weighted by atomic mass is 16.5. The maximum atomic E-state index is 6.77. The summed E-state index contributed by atoms with van der Waals surface area (Å²) >= 11 is 0. The molecule has 13 rings (SSSR count). The van der Waals surface area contributed by atoms with Crippen LogP contribution >= 0.6 is 0 Å². The molecule has 0 fully saturated rings. The van der Waals surface area contributed by atoms with Crippen LogP contribution in [0.2, 0.25) is 0 Å². The van der Waals surface area contributed by atoms with Crippen LogP contribution in [0.15, 0.2) is 200 Å². The molecule has 5 heteroatoms. The van der Waals surface area contributed by atoms with E-state index in [0.29, 0.717) is 0 Å². The highest BCUT2D eigenvalue weighted by Gasteiger charge is 2.30. The van der Waals surface area contributed by atoms with Crippen molar-refractivity contribution in [1.82, 2.24) is 13.7 Å². The zero-order valence-electron chi connectivity index (χ0n) is 32.7. The third-order valence-electron chi connectivity index (χ3n) is 12.7. The van der Waals surface area contributed by atoms with Gasteiger partial charge >= 0.3 is 0 Å². The average molecular weight is 771 g/mol. The number of aromatic nitrogens is 3. The van der Waals surface area contributed by atoms with Gasteiger partial charge in [0.1, 0.15) is 0 Å². The highest BCUT2D eigenvalue weighted by Crippen LogP contribution is 2.50. The molecule has 2 aliphatic rings. The van der Waals surface area contributed by atoms with Gasteiger partial charge in [-0.15, -0.1) is 0 Å². The number of anilines is 2. The Hall–Kier alpha value is -7.76. The second-order valence-electron chi connectivity index (χ2n) is 16.0. The fraction of sp³-hybridized carbons (Fsp3) is 0.0545. The largest absolute Gasteiger partial charge is 0.453 e. The molecule has 1 aliphatic carbocycles. The minimum atomic E-state index is 0.215. The number of hydrogen-bond acceptors (Lipinski definition) is 2. The topological polar surface area (TPSA) is 27.3 Å². The number of hydrogen-bond donors (Lipinski definition) is 0. The molecule has 1 unspecified atom stereocenters. The second kappa shape index (κ2) is 12.9. The van der Waals surface area contributed by atoms with E-state index in [4.69, 9.17) is 4.74 Å². The van der Waals surface area contributed by atoms with Crippen LogP contribution in [0, 0.1) is 0 Å². The smallest absolute Gasteiger partial charge is 0.153 e. The molecule has 1 atom stereocenters.